The lowest BCUT2D eigenvalue weighted by Gasteiger charge is -2.29. The Morgan fingerprint density at radius 2 is 2.15 bits per heavy atom. The first kappa shape index (κ1) is 22.2. The molecule has 4 heterocycles. The molecule has 9 nitrogen and oxygen atoms in total. The summed E-state index contributed by atoms with van der Waals surface area (Å²) in [5.41, 5.74) is 9.79. The van der Waals surface area contributed by atoms with Crippen molar-refractivity contribution in [3.63, 3.8) is 0 Å². The van der Waals surface area contributed by atoms with Crippen molar-refractivity contribution >= 4 is 46.3 Å². The second-order valence-corrected chi connectivity index (χ2v) is 8.24. The molecule has 1 fully saturated rings. The minimum Gasteiger partial charge on any atom is -0.383 e. The first-order valence-electron chi connectivity index (χ1n) is 10.8. The smallest absolute Gasteiger partial charge is 0.247 e. The molecule has 1 aliphatic rings. The topological polar surface area (TPSA) is 114 Å². The number of amides is 1. The predicted molar refractivity (Wildman–Crippen MR) is 132 cm³/mol. The van der Waals surface area contributed by atoms with Gasteiger partial charge in [-0.3, -0.25) is 14.5 Å². The highest BCUT2D eigenvalue weighted by Gasteiger charge is 2.28. The van der Waals surface area contributed by atoms with Gasteiger partial charge in [-0.05, 0) is 68.1 Å². The molecule has 0 bridgehead atoms. The van der Waals surface area contributed by atoms with Crippen LogP contribution in [0.3, 0.4) is 0 Å². The number of likely N-dealkylation sites (N-methyl/N-ethyl adjacent to an activating group) is 1. The van der Waals surface area contributed by atoms with Gasteiger partial charge >= 0.3 is 0 Å². The lowest BCUT2D eigenvalue weighted by Crippen LogP contribution is -2.39. The van der Waals surface area contributed by atoms with Gasteiger partial charge in [0.1, 0.15) is 17.7 Å². The van der Waals surface area contributed by atoms with Gasteiger partial charge in [-0.2, -0.15) is 5.10 Å². The molecular weight excluding hydrogens is 416 g/mol. The van der Waals surface area contributed by atoms with Gasteiger partial charge in [0.25, 0.3) is 0 Å². The second kappa shape index (κ2) is 9.23. The maximum Gasteiger partial charge on any atom is 0.247 e. The number of nitrogens with two attached hydrogens (primary N) is 1. The fourth-order valence-electron chi connectivity index (χ4n) is 3.90. The summed E-state index contributed by atoms with van der Waals surface area (Å²) in [5, 5.41) is 9.38. The number of rotatable bonds is 6. The summed E-state index contributed by atoms with van der Waals surface area (Å²) in [5.74, 6) is 1.17. The number of carbonyl (C=O) groups is 1. The standard InChI is InChI=1S/C24H28N8O/c1-15(7-8-26-3)16(2)20-10-17-11-22(27-13-19(17)23(25)30-20)29-18-12-28-32(14-18)21-6-5-9-31(4)24(21)33/h7-8,10-14,21H,3,5-6,9H2,1-2,4H3,(H2,25,30)(H,27,29)/b8-7-,16-15+/t21-/m1/s1. The van der Waals surface area contributed by atoms with Crippen LogP contribution in [0.4, 0.5) is 17.3 Å². The predicted octanol–water partition coefficient (Wildman–Crippen LogP) is 3.95. The van der Waals surface area contributed by atoms with Gasteiger partial charge in [0, 0.05) is 37.6 Å². The molecule has 4 rings (SSSR count). The summed E-state index contributed by atoms with van der Waals surface area (Å²) < 4.78 is 1.73. The van der Waals surface area contributed by atoms with Crippen LogP contribution >= 0.6 is 0 Å². The van der Waals surface area contributed by atoms with Crippen LogP contribution in [0.25, 0.3) is 16.3 Å². The number of pyridine rings is 2. The number of nitrogens with one attached hydrogen (secondary N) is 1. The molecule has 0 spiro atoms. The number of aliphatic imine (C=N–C) groups is 1. The number of carbonyl (C=O) groups excluding carboxylic acids is 1. The van der Waals surface area contributed by atoms with E-state index in [0.717, 1.165) is 52.7 Å². The maximum atomic E-state index is 12.5. The average Bonchev–Trinajstić information content (AvgIpc) is 3.26. The van der Waals surface area contributed by atoms with Crippen molar-refractivity contribution in [2.45, 2.75) is 32.7 Å². The van der Waals surface area contributed by atoms with Crippen LogP contribution in [0.1, 0.15) is 38.4 Å². The Balaban J connectivity index is 1.61. The Hall–Kier alpha value is -4.01. The van der Waals surface area contributed by atoms with Crippen LogP contribution < -0.4 is 11.1 Å². The van der Waals surface area contributed by atoms with Gasteiger partial charge in [0.05, 0.1) is 17.6 Å². The monoisotopic (exact) mass is 444 g/mol. The van der Waals surface area contributed by atoms with Crippen LogP contribution in [-0.4, -0.2) is 50.9 Å². The van der Waals surface area contributed by atoms with Crippen LogP contribution in [0.5, 0.6) is 0 Å². The number of hydrogen-bond donors (Lipinski definition) is 2. The summed E-state index contributed by atoms with van der Waals surface area (Å²) in [6.07, 6.45) is 10.5. The molecule has 1 saturated heterocycles. The molecule has 3 aromatic rings. The quantitative estimate of drug-likeness (QED) is 0.439. The SMILES string of the molecule is C=N/C=C\C(C)=C(/C)c1cc2cc(Nc3cnn([C@@H]4CCCN(C)C4=O)c3)ncc2c(N)n1. The second-order valence-electron chi connectivity index (χ2n) is 8.24. The van der Waals surface area contributed by atoms with Gasteiger partial charge in [-0.1, -0.05) is 0 Å². The molecule has 3 aromatic heterocycles. The van der Waals surface area contributed by atoms with Gasteiger partial charge in [-0.25, -0.2) is 9.97 Å². The highest BCUT2D eigenvalue weighted by Crippen LogP contribution is 2.28. The van der Waals surface area contributed by atoms with E-state index in [4.69, 9.17) is 5.73 Å². The fourth-order valence-corrected chi connectivity index (χ4v) is 3.90. The Bertz CT molecular complexity index is 1270. The van der Waals surface area contributed by atoms with E-state index in [1.54, 1.807) is 28.2 Å². The van der Waals surface area contributed by atoms with Crippen LogP contribution in [0, 0.1) is 0 Å². The number of anilines is 3. The number of nitrogens with zero attached hydrogens (tertiary/aromatic N) is 6. The van der Waals surface area contributed by atoms with Crippen molar-refractivity contribution in [3.8, 4) is 0 Å². The molecule has 0 aromatic carbocycles. The molecule has 1 atom stereocenters. The van der Waals surface area contributed by atoms with Gasteiger partial charge in [-0.15, -0.1) is 0 Å². The highest BCUT2D eigenvalue weighted by molar-refractivity contribution is 5.94. The highest BCUT2D eigenvalue weighted by atomic mass is 16.2. The summed E-state index contributed by atoms with van der Waals surface area (Å²) in [6.45, 7) is 8.24. The summed E-state index contributed by atoms with van der Waals surface area (Å²) in [4.78, 5) is 27.0. The van der Waals surface area contributed by atoms with E-state index >= 15 is 0 Å². The molecule has 0 aliphatic carbocycles. The number of nitrogen functional groups attached to an aromatic ring is 1. The van der Waals surface area contributed by atoms with Crippen molar-refractivity contribution in [1.29, 1.82) is 0 Å². The minimum absolute atomic E-state index is 0.0904. The first-order valence-corrected chi connectivity index (χ1v) is 10.8. The van der Waals surface area contributed by atoms with Gasteiger partial charge in [0.2, 0.25) is 5.91 Å². The molecule has 0 unspecified atom stereocenters. The first-order chi connectivity index (χ1) is 15.9. The van der Waals surface area contributed by atoms with Gasteiger partial charge < -0.3 is 16.0 Å². The summed E-state index contributed by atoms with van der Waals surface area (Å²) in [7, 11) is 1.83. The zero-order chi connectivity index (χ0) is 23.5. The number of piperidine rings is 1. The fraction of sp³-hybridized carbons (Fsp3) is 0.292. The molecule has 9 heteroatoms. The zero-order valence-corrected chi connectivity index (χ0v) is 19.1. The number of aromatic nitrogens is 4. The molecule has 0 radical (unpaired) electrons. The number of fused-ring (bicyclic) bond motifs is 1. The summed E-state index contributed by atoms with van der Waals surface area (Å²) in [6, 6.07) is 3.66. The van der Waals surface area contributed by atoms with Crippen LogP contribution in [0.2, 0.25) is 0 Å². The molecule has 170 valence electrons. The van der Waals surface area contributed by atoms with Crippen molar-refractivity contribution in [1.82, 2.24) is 24.6 Å². The molecule has 0 saturated carbocycles. The number of hydrogen-bond acceptors (Lipinski definition) is 7. The average molecular weight is 445 g/mol. The van der Waals surface area contributed by atoms with Crippen molar-refractivity contribution in [2.75, 3.05) is 24.6 Å². The third-order valence-corrected chi connectivity index (χ3v) is 5.98. The lowest BCUT2D eigenvalue weighted by molar-refractivity contribution is -0.136. The zero-order valence-electron chi connectivity index (χ0n) is 19.1. The Morgan fingerprint density at radius 3 is 2.94 bits per heavy atom. The van der Waals surface area contributed by atoms with Gasteiger partial charge in [0.15, 0.2) is 0 Å². The number of likely N-dealkylation sites (tertiary alicyclic amines) is 1. The third kappa shape index (κ3) is 4.62. The maximum absolute atomic E-state index is 12.5. The van der Waals surface area contributed by atoms with Crippen molar-refractivity contribution in [2.24, 2.45) is 4.99 Å². The van der Waals surface area contributed by atoms with Crippen LogP contribution in [0.15, 0.2) is 53.6 Å². The molecular formula is C24H28N8O. The molecule has 33 heavy (non-hydrogen) atoms. The Labute approximate surface area is 192 Å². The Kier molecular flexibility index (Phi) is 6.21. The van der Waals surface area contributed by atoms with E-state index in [2.05, 4.69) is 32.1 Å². The normalized spacial score (nSPS) is 17.5. The minimum atomic E-state index is -0.263. The molecule has 3 N–H and O–H groups in total. The third-order valence-electron chi connectivity index (χ3n) is 5.98. The largest absolute Gasteiger partial charge is 0.383 e. The van der Waals surface area contributed by atoms with E-state index in [0.29, 0.717) is 11.6 Å². The lowest BCUT2D eigenvalue weighted by atomic mass is 10.0. The summed E-state index contributed by atoms with van der Waals surface area (Å²) >= 11 is 0. The van der Waals surface area contributed by atoms with Crippen molar-refractivity contribution < 1.29 is 4.79 Å². The van der Waals surface area contributed by atoms with E-state index in [-0.39, 0.29) is 11.9 Å². The van der Waals surface area contributed by atoms with E-state index in [9.17, 15) is 4.79 Å². The van der Waals surface area contributed by atoms with E-state index in [1.165, 1.54) is 0 Å². The van der Waals surface area contributed by atoms with Crippen LogP contribution in [-0.2, 0) is 4.79 Å². The molecule has 1 aliphatic heterocycles. The van der Waals surface area contributed by atoms with E-state index in [1.807, 2.05) is 45.3 Å². The number of allylic oxidation sites excluding steroid dienone is 3. The molecule has 1 amide bonds. The van der Waals surface area contributed by atoms with Crippen molar-refractivity contribution in [3.05, 3.63) is 54.3 Å². The Morgan fingerprint density at radius 1 is 1.33 bits per heavy atom. The van der Waals surface area contributed by atoms with E-state index < -0.39 is 0 Å².